The van der Waals surface area contributed by atoms with Crippen LogP contribution >= 0.6 is 0 Å². The Bertz CT molecular complexity index is 3130. The summed E-state index contributed by atoms with van der Waals surface area (Å²) in [5.41, 5.74) is -4.05. The first-order chi connectivity index (χ1) is 47.1. The molecular formula is C71H107F5N12O12. The molecule has 558 valence electrons. The van der Waals surface area contributed by atoms with E-state index in [1.807, 2.05) is 20.8 Å². The van der Waals surface area contributed by atoms with Crippen LogP contribution in [0.4, 0.5) is 22.0 Å². The van der Waals surface area contributed by atoms with Crippen LogP contribution in [0.25, 0.3) is 0 Å². The van der Waals surface area contributed by atoms with Gasteiger partial charge < -0.3 is 60.0 Å². The summed E-state index contributed by atoms with van der Waals surface area (Å²) in [7, 11) is 9.74. The Morgan fingerprint density at radius 2 is 1.18 bits per heavy atom. The molecule has 1 unspecified atom stereocenters. The lowest BCUT2D eigenvalue weighted by molar-refractivity contribution is -0.156. The first kappa shape index (κ1) is 79.8. The smallest absolute Gasteiger partial charge is 0.343 e. The lowest BCUT2D eigenvalue weighted by Crippen LogP contribution is -2.65. The molecule has 3 N–H and O–H groups in total. The number of alkyl halides is 3. The number of aryl methyl sites for hydroxylation is 1. The number of likely N-dealkylation sites (N-methyl/N-ethyl adjacent to an activating group) is 7. The van der Waals surface area contributed by atoms with E-state index in [4.69, 9.17) is 0 Å². The quantitative estimate of drug-likeness (QED) is 0.239. The summed E-state index contributed by atoms with van der Waals surface area (Å²) >= 11 is 0. The Balaban J connectivity index is 1.28. The molecule has 29 heteroatoms. The van der Waals surface area contributed by atoms with E-state index in [1.165, 1.54) is 73.8 Å². The second kappa shape index (κ2) is 34.9. The molecule has 1 spiro atoms. The van der Waals surface area contributed by atoms with Gasteiger partial charge in [-0.05, 0) is 118 Å². The molecule has 3 heterocycles. The summed E-state index contributed by atoms with van der Waals surface area (Å²) in [6.07, 6.45) is 3.28. The number of hydrogen-bond donors (Lipinski definition) is 3. The number of amides is 12. The zero-order valence-corrected chi connectivity index (χ0v) is 60.3. The van der Waals surface area contributed by atoms with Gasteiger partial charge in [-0.2, -0.15) is 13.2 Å². The maximum Gasteiger partial charge on any atom is 0.422 e. The minimum Gasteiger partial charge on any atom is -0.343 e. The Morgan fingerprint density at radius 3 is 1.77 bits per heavy atom. The maximum absolute atomic E-state index is 15.6. The van der Waals surface area contributed by atoms with Crippen LogP contribution in [-0.4, -0.2) is 251 Å². The second-order valence-electron chi connectivity index (χ2n) is 29.6. The van der Waals surface area contributed by atoms with E-state index in [0.29, 0.717) is 70.2 Å². The molecule has 3 aliphatic carbocycles. The average molecular weight is 1420 g/mol. The summed E-state index contributed by atoms with van der Waals surface area (Å²) in [4.78, 5) is 189. The standard InChI is InChI=1S/C71H107F5N12O12/c1-12-44(4)60-67(98)82(7)41-57(91)80(5)42-58(92)84(9)53(38-45-23-14-13-15-24-45)65(96)81(6)40-55(89)77-50(29-28-46-36-48(72)59(49(73)37-46)71(74,75)76)64(95)88-34-22-27-51(88)63(94)79-70(30-18-19-31-70)69(100)86(11)61(47-25-16-17-26-47)68(99)85(10)54(66(97)87-32-20-21-33-87)39-56(90)83(8)52(35-43(2)3)62(93)78-60/h36-37,43-45,47,50-54,60-61H,12-35,38-42H2,1-11H3,(H,77,89)(H,78,93)(H,79,94)/t44-,50-,51?,52-,53-,54-,60-,61-/m0/s1. The molecule has 3 saturated carbocycles. The predicted molar refractivity (Wildman–Crippen MR) is 359 cm³/mol. The van der Waals surface area contributed by atoms with Gasteiger partial charge in [-0.25, -0.2) is 8.78 Å². The van der Waals surface area contributed by atoms with Gasteiger partial charge in [0.1, 0.15) is 65.0 Å². The highest BCUT2D eigenvalue weighted by Gasteiger charge is 2.52. The number of fused-ring (bicyclic) bond motifs is 1. The molecule has 0 aromatic heterocycles. The lowest BCUT2D eigenvalue weighted by atomic mass is 9.84. The fourth-order valence-electron chi connectivity index (χ4n) is 15.6. The third kappa shape index (κ3) is 19.4. The van der Waals surface area contributed by atoms with Crippen LogP contribution in [0.5, 0.6) is 0 Å². The number of hydrogen-bond acceptors (Lipinski definition) is 12. The van der Waals surface area contributed by atoms with Crippen molar-refractivity contribution in [3.05, 3.63) is 34.9 Å². The topological polar surface area (TPSA) is 270 Å². The van der Waals surface area contributed by atoms with Gasteiger partial charge in [0.05, 0.1) is 26.1 Å². The van der Waals surface area contributed by atoms with Gasteiger partial charge in [0, 0.05) is 69.0 Å². The van der Waals surface area contributed by atoms with Crippen molar-refractivity contribution in [1.29, 1.82) is 0 Å². The molecule has 7 rings (SSSR count). The molecule has 6 aliphatic rings. The van der Waals surface area contributed by atoms with E-state index in [1.54, 1.807) is 11.8 Å². The van der Waals surface area contributed by atoms with Crippen molar-refractivity contribution in [2.75, 3.05) is 88.6 Å². The zero-order valence-electron chi connectivity index (χ0n) is 60.3. The van der Waals surface area contributed by atoms with Gasteiger partial charge in [0.15, 0.2) is 0 Å². The number of halogens is 5. The molecule has 8 atom stereocenters. The number of rotatable bonds is 11. The highest BCUT2D eigenvalue weighted by atomic mass is 19.4. The van der Waals surface area contributed by atoms with E-state index in [2.05, 4.69) is 16.0 Å². The van der Waals surface area contributed by atoms with E-state index in [-0.39, 0.29) is 62.5 Å². The van der Waals surface area contributed by atoms with E-state index < -0.39 is 193 Å². The molecule has 1 aromatic rings. The summed E-state index contributed by atoms with van der Waals surface area (Å²) in [6, 6.07) is -8.19. The molecule has 100 heavy (non-hydrogen) atoms. The first-order valence-electron chi connectivity index (χ1n) is 36.0. The number of carbonyl (C=O) groups is 12. The van der Waals surface area contributed by atoms with Crippen molar-refractivity contribution < 1.29 is 79.5 Å². The van der Waals surface area contributed by atoms with Crippen LogP contribution in [0.2, 0.25) is 0 Å². The van der Waals surface area contributed by atoms with E-state index in [9.17, 15) is 51.5 Å². The van der Waals surface area contributed by atoms with Crippen LogP contribution < -0.4 is 16.0 Å². The molecule has 0 radical (unpaired) electrons. The molecule has 24 nitrogen and oxygen atoms in total. The molecule has 3 aliphatic heterocycles. The largest absolute Gasteiger partial charge is 0.422 e. The lowest BCUT2D eigenvalue weighted by Gasteiger charge is -2.42. The highest BCUT2D eigenvalue weighted by Crippen LogP contribution is 2.39. The van der Waals surface area contributed by atoms with Gasteiger partial charge >= 0.3 is 6.18 Å². The monoisotopic (exact) mass is 1410 g/mol. The van der Waals surface area contributed by atoms with Crippen molar-refractivity contribution in [2.45, 2.75) is 229 Å². The van der Waals surface area contributed by atoms with Crippen molar-refractivity contribution in [1.82, 2.24) is 60.0 Å². The number of nitrogens with one attached hydrogen (secondary N) is 3. The van der Waals surface area contributed by atoms with Crippen LogP contribution in [0.15, 0.2) is 12.1 Å². The second-order valence-corrected chi connectivity index (χ2v) is 29.6. The van der Waals surface area contributed by atoms with Crippen LogP contribution in [0.1, 0.15) is 180 Å². The molecule has 1 aromatic carbocycles. The minimum absolute atomic E-state index is 0.0247. The van der Waals surface area contributed by atoms with Gasteiger partial charge in [0.25, 0.3) is 0 Å². The van der Waals surface area contributed by atoms with Gasteiger partial charge in [-0.15, -0.1) is 0 Å². The SMILES string of the molecule is CC[C@H](C)[C@@H]1NC(=O)[C@H](CC(C)C)N(C)C(=O)C[C@@H](C(=O)N2CCCC2)N(C)C(=O)[C@H](C2CCCC2)N(C)C(=O)C2(CCCC2)NC(=O)C2CCCN2C(=O)[C@H](CCc2cc(F)c(C(F)(F)F)c(F)c2)NC(=O)CN(C)C(=O)[C@H](CC2CCCCC2)N(C)C(=O)CN(C)C(=O)CN(C)C1=O. The molecule has 12 amide bonds. The third-order valence-corrected chi connectivity index (χ3v) is 21.9. The van der Waals surface area contributed by atoms with Gasteiger partial charge in [-0.3, -0.25) is 57.5 Å². The number of likely N-dealkylation sites (tertiary alicyclic amines) is 1. The number of carbonyl (C=O) groups excluding carboxylic acids is 12. The van der Waals surface area contributed by atoms with Gasteiger partial charge in [0.2, 0.25) is 70.9 Å². The van der Waals surface area contributed by atoms with Crippen LogP contribution in [0, 0.1) is 35.3 Å². The summed E-state index contributed by atoms with van der Waals surface area (Å²) in [6.45, 7) is 6.09. The zero-order chi connectivity index (χ0) is 73.8. The first-order valence-corrected chi connectivity index (χ1v) is 36.0. The van der Waals surface area contributed by atoms with Crippen molar-refractivity contribution >= 4 is 70.9 Å². The third-order valence-electron chi connectivity index (χ3n) is 21.9. The van der Waals surface area contributed by atoms with Crippen molar-refractivity contribution in [2.24, 2.45) is 23.7 Å². The van der Waals surface area contributed by atoms with E-state index in [0.717, 1.165) is 59.6 Å². The molecular weight excluding hydrogens is 1310 g/mol. The van der Waals surface area contributed by atoms with Crippen LogP contribution in [-0.2, 0) is 70.1 Å². The molecule has 6 fully saturated rings. The fraction of sp³-hybridized carbons (Fsp3) is 0.746. The van der Waals surface area contributed by atoms with Crippen LogP contribution in [0.3, 0.4) is 0 Å². The maximum atomic E-state index is 15.6. The van der Waals surface area contributed by atoms with Crippen molar-refractivity contribution in [3.8, 4) is 0 Å². The molecule has 3 saturated heterocycles. The Labute approximate surface area is 584 Å². The summed E-state index contributed by atoms with van der Waals surface area (Å²) in [5.74, 6) is -13.3. The fourth-order valence-corrected chi connectivity index (χ4v) is 15.6. The minimum atomic E-state index is -5.38. The normalized spacial score (nSPS) is 26.7. The Morgan fingerprint density at radius 1 is 0.600 bits per heavy atom. The summed E-state index contributed by atoms with van der Waals surface area (Å²) in [5, 5.41) is 8.52. The van der Waals surface area contributed by atoms with Crippen molar-refractivity contribution in [3.63, 3.8) is 0 Å². The highest BCUT2D eigenvalue weighted by molar-refractivity contribution is 6.01. The number of benzene rings is 1. The number of nitrogens with zero attached hydrogens (tertiary/aromatic N) is 9. The Kier molecular flexibility index (Phi) is 27.9. The predicted octanol–water partition coefficient (Wildman–Crippen LogP) is 5.27. The van der Waals surface area contributed by atoms with Gasteiger partial charge in [-0.1, -0.05) is 91.9 Å². The molecule has 0 bridgehead atoms. The average Bonchev–Trinajstić information content (AvgIpc) is 1.50. The summed E-state index contributed by atoms with van der Waals surface area (Å²) < 4.78 is 71.3. The Hall–Kier alpha value is -7.49. The van der Waals surface area contributed by atoms with E-state index >= 15 is 28.0 Å².